The van der Waals surface area contributed by atoms with Crippen LogP contribution >= 0.6 is 0 Å². The summed E-state index contributed by atoms with van der Waals surface area (Å²) in [4.78, 5) is 27.1. The normalized spacial score (nSPS) is 14.1. The molecule has 0 radical (unpaired) electrons. The van der Waals surface area contributed by atoms with Gasteiger partial charge in [-0.05, 0) is 63.1 Å². The summed E-state index contributed by atoms with van der Waals surface area (Å²) in [5, 5.41) is 6.30. The lowest BCUT2D eigenvalue weighted by molar-refractivity contribution is -0.117. The van der Waals surface area contributed by atoms with Crippen LogP contribution in [0.25, 0.3) is 0 Å². The first-order valence-corrected chi connectivity index (χ1v) is 11.9. The van der Waals surface area contributed by atoms with Crippen LogP contribution in [0.1, 0.15) is 34.3 Å². The van der Waals surface area contributed by atoms with E-state index in [1.165, 1.54) is 20.8 Å². The van der Waals surface area contributed by atoms with E-state index in [9.17, 15) is 18.0 Å². The number of hydrogen-bond donors (Lipinski definition) is 2. The Kier molecular flexibility index (Phi) is 6.05. The van der Waals surface area contributed by atoms with E-state index in [-0.39, 0.29) is 22.3 Å². The predicted molar refractivity (Wildman–Crippen MR) is 123 cm³/mol. The third-order valence-electron chi connectivity index (χ3n) is 5.49. The van der Waals surface area contributed by atoms with Crippen LogP contribution in [0.2, 0.25) is 0 Å². The third-order valence-corrected chi connectivity index (χ3v) is 7.28. The summed E-state index contributed by atoms with van der Waals surface area (Å²) in [6.07, 6.45) is 0.817. The molecular weight excluding hydrogens is 444 g/mol. The quantitative estimate of drug-likeness (QED) is 0.574. The number of carbonyl (C=O) groups excluding carboxylic acids is 2. The molecule has 1 aromatic heterocycles. The summed E-state index contributed by atoms with van der Waals surface area (Å²) >= 11 is 0. The van der Waals surface area contributed by atoms with Crippen LogP contribution in [0, 0.1) is 13.8 Å². The van der Waals surface area contributed by atoms with E-state index in [0.29, 0.717) is 17.8 Å². The van der Waals surface area contributed by atoms with E-state index in [2.05, 4.69) is 15.2 Å². The zero-order valence-corrected chi connectivity index (χ0v) is 19.3. The molecule has 33 heavy (non-hydrogen) atoms. The summed E-state index contributed by atoms with van der Waals surface area (Å²) in [6, 6.07) is 13.3. The van der Waals surface area contributed by atoms with Crippen molar-refractivity contribution in [1.29, 1.82) is 0 Å². The van der Waals surface area contributed by atoms with Crippen LogP contribution in [-0.4, -0.2) is 38.0 Å². The van der Waals surface area contributed by atoms with Crippen LogP contribution in [0.5, 0.6) is 0 Å². The summed E-state index contributed by atoms with van der Waals surface area (Å²) in [6.45, 7) is 5.06. The lowest BCUT2D eigenvalue weighted by Gasteiger charge is -2.18. The van der Waals surface area contributed by atoms with Crippen molar-refractivity contribution in [3.8, 4) is 0 Å². The number of anilines is 2. The lowest BCUT2D eigenvalue weighted by atomic mass is 10.1. The van der Waals surface area contributed by atoms with Crippen LogP contribution in [-0.2, 0) is 21.2 Å². The number of nitrogens with zero attached hydrogens (tertiary/aromatic N) is 2. The third kappa shape index (κ3) is 4.53. The van der Waals surface area contributed by atoms with Gasteiger partial charge in [-0.1, -0.05) is 23.4 Å². The fourth-order valence-corrected chi connectivity index (χ4v) is 5.39. The van der Waals surface area contributed by atoms with Crippen molar-refractivity contribution < 1.29 is 22.5 Å². The van der Waals surface area contributed by atoms with Gasteiger partial charge in [-0.25, -0.2) is 8.42 Å². The maximum Gasteiger partial charge on any atom is 0.258 e. The Labute approximate surface area is 191 Å². The smallest absolute Gasteiger partial charge is 0.258 e. The van der Waals surface area contributed by atoms with Gasteiger partial charge in [-0.15, -0.1) is 0 Å². The molecule has 0 spiro atoms. The summed E-state index contributed by atoms with van der Waals surface area (Å²) < 4.78 is 32.4. The zero-order valence-electron chi connectivity index (χ0n) is 18.5. The number of aryl methyl sites for hydroxylation is 2. The molecule has 0 saturated carbocycles. The standard InChI is InChI=1S/C23H24N4O5S/c1-14-21(16(3)32-25-14)33(30,31)26-15(2)22(28)24-19-10-8-18(9-11-19)23(29)27-13-12-17-6-4-5-7-20(17)27/h4-11,15,26H,12-13H2,1-3H3,(H,24,28)/t15-/m0/s1. The molecule has 1 aliphatic rings. The van der Waals surface area contributed by atoms with Gasteiger partial charge in [0.15, 0.2) is 5.76 Å². The first-order chi connectivity index (χ1) is 15.7. The van der Waals surface area contributed by atoms with Crippen molar-refractivity contribution in [3.05, 3.63) is 71.1 Å². The van der Waals surface area contributed by atoms with E-state index < -0.39 is 22.0 Å². The van der Waals surface area contributed by atoms with Crippen LogP contribution in [0.15, 0.2) is 57.9 Å². The number of carbonyl (C=O) groups is 2. The van der Waals surface area contributed by atoms with Gasteiger partial charge in [0.2, 0.25) is 15.9 Å². The molecule has 1 atom stereocenters. The molecule has 10 heteroatoms. The average molecular weight is 469 g/mol. The Balaban J connectivity index is 1.41. The predicted octanol–water partition coefficient (Wildman–Crippen LogP) is 2.80. The molecule has 2 N–H and O–H groups in total. The van der Waals surface area contributed by atoms with Crippen LogP contribution in [0.4, 0.5) is 11.4 Å². The maximum absolute atomic E-state index is 12.9. The Morgan fingerprint density at radius 3 is 2.45 bits per heavy atom. The van der Waals surface area contributed by atoms with Gasteiger partial charge in [0.25, 0.3) is 5.91 Å². The molecule has 2 aromatic carbocycles. The number of sulfonamides is 1. The minimum atomic E-state index is -3.98. The molecule has 3 aromatic rings. The minimum Gasteiger partial charge on any atom is -0.360 e. The molecule has 0 aliphatic carbocycles. The number of nitrogens with one attached hydrogen (secondary N) is 2. The minimum absolute atomic E-state index is 0.0755. The second-order valence-electron chi connectivity index (χ2n) is 7.90. The molecule has 9 nitrogen and oxygen atoms in total. The van der Waals surface area contributed by atoms with Crippen molar-refractivity contribution >= 4 is 33.2 Å². The van der Waals surface area contributed by atoms with E-state index in [1.54, 1.807) is 29.2 Å². The van der Waals surface area contributed by atoms with Gasteiger partial charge < -0.3 is 14.7 Å². The van der Waals surface area contributed by atoms with Gasteiger partial charge in [-0.2, -0.15) is 4.72 Å². The highest BCUT2D eigenvalue weighted by atomic mass is 32.2. The van der Waals surface area contributed by atoms with Crippen molar-refractivity contribution in [3.63, 3.8) is 0 Å². The highest BCUT2D eigenvalue weighted by molar-refractivity contribution is 7.89. The van der Waals surface area contributed by atoms with Crippen LogP contribution < -0.4 is 14.9 Å². The van der Waals surface area contributed by atoms with Gasteiger partial charge in [-0.3, -0.25) is 9.59 Å². The van der Waals surface area contributed by atoms with Gasteiger partial charge in [0.1, 0.15) is 10.6 Å². The van der Waals surface area contributed by atoms with E-state index in [4.69, 9.17) is 4.52 Å². The van der Waals surface area contributed by atoms with Gasteiger partial charge in [0.05, 0.1) is 6.04 Å². The fourth-order valence-electron chi connectivity index (χ4n) is 3.86. The van der Waals surface area contributed by atoms with Gasteiger partial charge in [0, 0.05) is 23.5 Å². The highest BCUT2D eigenvalue weighted by Crippen LogP contribution is 2.29. The first-order valence-electron chi connectivity index (χ1n) is 10.4. The highest BCUT2D eigenvalue weighted by Gasteiger charge is 2.28. The number of benzene rings is 2. The number of aromatic nitrogens is 1. The molecule has 2 amide bonds. The second-order valence-corrected chi connectivity index (χ2v) is 9.55. The van der Waals surface area contributed by atoms with Crippen molar-refractivity contribution in [2.45, 2.75) is 38.1 Å². The molecule has 0 fully saturated rings. The van der Waals surface area contributed by atoms with E-state index >= 15 is 0 Å². The summed E-state index contributed by atoms with van der Waals surface area (Å²) in [7, 11) is -3.98. The molecule has 0 unspecified atom stereocenters. The molecule has 2 heterocycles. The van der Waals surface area contributed by atoms with Crippen molar-refractivity contribution in [2.24, 2.45) is 0 Å². The molecule has 1 aliphatic heterocycles. The molecule has 4 rings (SSSR count). The van der Waals surface area contributed by atoms with Crippen molar-refractivity contribution in [2.75, 3.05) is 16.8 Å². The number of rotatable bonds is 6. The van der Waals surface area contributed by atoms with E-state index in [0.717, 1.165) is 17.7 Å². The monoisotopic (exact) mass is 468 g/mol. The SMILES string of the molecule is Cc1noc(C)c1S(=O)(=O)N[C@@H](C)C(=O)Nc1ccc(C(=O)N2CCc3ccccc32)cc1. The van der Waals surface area contributed by atoms with Gasteiger partial charge >= 0.3 is 0 Å². The molecule has 172 valence electrons. The fraction of sp³-hybridized carbons (Fsp3) is 0.261. The number of para-hydroxylation sites is 1. The Morgan fingerprint density at radius 1 is 1.09 bits per heavy atom. The molecule has 0 bridgehead atoms. The topological polar surface area (TPSA) is 122 Å². The average Bonchev–Trinajstić information content (AvgIpc) is 3.36. The first kappa shape index (κ1) is 22.7. The molecular formula is C23H24N4O5S. The number of hydrogen-bond acceptors (Lipinski definition) is 6. The van der Waals surface area contributed by atoms with Crippen LogP contribution in [0.3, 0.4) is 0 Å². The lowest BCUT2D eigenvalue weighted by Crippen LogP contribution is -2.41. The zero-order chi connectivity index (χ0) is 23.8. The Morgan fingerprint density at radius 2 is 1.79 bits per heavy atom. The van der Waals surface area contributed by atoms with E-state index in [1.807, 2.05) is 24.3 Å². The number of fused-ring (bicyclic) bond motifs is 1. The molecule has 0 saturated heterocycles. The largest absolute Gasteiger partial charge is 0.360 e. The Bertz CT molecular complexity index is 1300. The summed E-state index contributed by atoms with van der Waals surface area (Å²) in [5.74, 6) is -0.509. The number of amides is 2. The Hall–Kier alpha value is -3.50. The second kappa shape index (κ2) is 8.80. The maximum atomic E-state index is 12.9. The van der Waals surface area contributed by atoms with Crippen molar-refractivity contribution in [1.82, 2.24) is 9.88 Å². The summed E-state index contributed by atoms with van der Waals surface area (Å²) in [5.41, 5.74) is 3.22.